The molecule has 3 nitrogen and oxygen atoms in total. The number of rotatable bonds is 2. The second-order valence-corrected chi connectivity index (χ2v) is 5.39. The van der Waals surface area contributed by atoms with E-state index in [-0.39, 0.29) is 18.1 Å². The summed E-state index contributed by atoms with van der Waals surface area (Å²) in [4.78, 5) is 13.0. The number of ether oxygens (including phenoxy) is 1. The Morgan fingerprint density at radius 1 is 1.50 bits per heavy atom. The standard InChI is InChI=1S/C14H19NO2S/c1-9-3-4-12(18)8-13(9)14(16)15-11-5-6-17-10(2)7-11/h3-4,8,10-11,18H,5-7H2,1-2H3,(H,15,16). The van der Waals surface area contributed by atoms with E-state index in [0.29, 0.717) is 5.56 Å². The molecule has 0 bridgehead atoms. The molecule has 1 aliphatic rings. The number of carbonyl (C=O) groups is 1. The van der Waals surface area contributed by atoms with Crippen LogP contribution in [0.4, 0.5) is 0 Å². The van der Waals surface area contributed by atoms with Gasteiger partial charge in [0.25, 0.3) is 5.91 Å². The summed E-state index contributed by atoms with van der Waals surface area (Å²) >= 11 is 4.28. The van der Waals surface area contributed by atoms with Crippen LogP contribution < -0.4 is 5.32 Å². The number of amides is 1. The third-order valence-corrected chi connectivity index (χ3v) is 3.56. The number of hydrogen-bond donors (Lipinski definition) is 2. The summed E-state index contributed by atoms with van der Waals surface area (Å²) < 4.78 is 5.47. The molecule has 2 atom stereocenters. The number of hydrogen-bond acceptors (Lipinski definition) is 3. The van der Waals surface area contributed by atoms with Gasteiger partial charge in [-0.05, 0) is 44.4 Å². The lowest BCUT2D eigenvalue weighted by Crippen LogP contribution is -2.41. The minimum atomic E-state index is -0.0116. The van der Waals surface area contributed by atoms with Crippen molar-refractivity contribution in [1.82, 2.24) is 5.32 Å². The van der Waals surface area contributed by atoms with Gasteiger partial charge in [-0.3, -0.25) is 4.79 Å². The molecule has 1 saturated heterocycles. The minimum absolute atomic E-state index is 0.0116. The van der Waals surface area contributed by atoms with Gasteiger partial charge in [-0.2, -0.15) is 0 Å². The molecule has 18 heavy (non-hydrogen) atoms. The zero-order valence-electron chi connectivity index (χ0n) is 10.8. The molecule has 0 aliphatic carbocycles. The summed E-state index contributed by atoms with van der Waals surface area (Å²) in [6.07, 6.45) is 1.99. The van der Waals surface area contributed by atoms with Gasteiger partial charge < -0.3 is 10.1 Å². The molecule has 1 amide bonds. The predicted molar refractivity (Wildman–Crippen MR) is 74.3 cm³/mol. The average Bonchev–Trinajstić information content (AvgIpc) is 2.32. The maximum absolute atomic E-state index is 12.2. The largest absolute Gasteiger partial charge is 0.378 e. The number of thiol groups is 1. The average molecular weight is 265 g/mol. The normalized spacial score (nSPS) is 23.7. The molecule has 1 fully saturated rings. The second kappa shape index (κ2) is 5.76. The van der Waals surface area contributed by atoms with Gasteiger partial charge in [-0.15, -0.1) is 12.6 Å². The van der Waals surface area contributed by atoms with Gasteiger partial charge in [0.1, 0.15) is 0 Å². The lowest BCUT2D eigenvalue weighted by molar-refractivity contribution is 0.0136. The van der Waals surface area contributed by atoms with Crippen LogP contribution in [0, 0.1) is 6.92 Å². The summed E-state index contributed by atoms with van der Waals surface area (Å²) in [5.41, 5.74) is 1.69. The highest BCUT2D eigenvalue weighted by Gasteiger charge is 2.21. The van der Waals surface area contributed by atoms with Crippen molar-refractivity contribution in [3.8, 4) is 0 Å². The van der Waals surface area contributed by atoms with Crippen LogP contribution in [-0.4, -0.2) is 24.7 Å². The Bertz CT molecular complexity index is 447. The number of nitrogens with one attached hydrogen (secondary N) is 1. The van der Waals surface area contributed by atoms with Crippen LogP contribution in [0.5, 0.6) is 0 Å². The van der Waals surface area contributed by atoms with Crippen molar-refractivity contribution in [2.75, 3.05) is 6.61 Å². The SMILES string of the molecule is Cc1ccc(S)cc1C(=O)NC1CCOC(C)C1. The van der Waals surface area contributed by atoms with Gasteiger partial charge in [-0.1, -0.05) is 6.07 Å². The van der Waals surface area contributed by atoms with Crippen LogP contribution >= 0.6 is 12.6 Å². The predicted octanol–water partition coefficient (Wildman–Crippen LogP) is 2.58. The van der Waals surface area contributed by atoms with Crippen LogP contribution in [-0.2, 0) is 4.74 Å². The first kappa shape index (κ1) is 13.4. The molecular formula is C14H19NO2S. The van der Waals surface area contributed by atoms with Gasteiger partial charge in [-0.25, -0.2) is 0 Å². The lowest BCUT2D eigenvalue weighted by atomic mass is 10.0. The third kappa shape index (κ3) is 3.27. The van der Waals surface area contributed by atoms with E-state index < -0.39 is 0 Å². The first-order valence-electron chi connectivity index (χ1n) is 6.28. The monoisotopic (exact) mass is 265 g/mol. The van der Waals surface area contributed by atoms with E-state index >= 15 is 0 Å². The zero-order valence-corrected chi connectivity index (χ0v) is 11.7. The maximum Gasteiger partial charge on any atom is 0.251 e. The van der Waals surface area contributed by atoms with Crippen LogP contribution in [0.25, 0.3) is 0 Å². The van der Waals surface area contributed by atoms with Crippen molar-refractivity contribution >= 4 is 18.5 Å². The van der Waals surface area contributed by atoms with E-state index in [2.05, 4.69) is 17.9 Å². The maximum atomic E-state index is 12.2. The van der Waals surface area contributed by atoms with Gasteiger partial charge in [0, 0.05) is 23.1 Å². The molecule has 4 heteroatoms. The Hall–Kier alpha value is -1.00. The summed E-state index contributed by atoms with van der Waals surface area (Å²) in [5, 5.41) is 3.08. The summed E-state index contributed by atoms with van der Waals surface area (Å²) in [7, 11) is 0. The first-order chi connectivity index (χ1) is 8.56. The Kier molecular flexibility index (Phi) is 4.30. The summed E-state index contributed by atoms with van der Waals surface area (Å²) in [6.45, 7) is 4.70. The minimum Gasteiger partial charge on any atom is -0.378 e. The molecule has 1 aromatic carbocycles. The van der Waals surface area contributed by atoms with E-state index in [1.54, 1.807) is 0 Å². The van der Waals surface area contributed by atoms with Crippen LogP contribution in [0.1, 0.15) is 35.7 Å². The van der Waals surface area contributed by atoms with Crippen LogP contribution in [0.3, 0.4) is 0 Å². The van der Waals surface area contributed by atoms with Gasteiger partial charge in [0.2, 0.25) is 0 Å². The van der Waals surface area contributed by atoms with E-state index in [1.165, 1.54) is 0 Å². The Morgan fingerprint density at radius 3 is 3.00 bits per heavy atom. The van der Waals surface area contributed by atoms with Gasteiger partial charge in [0.15, 0.2) is 0 Å². The van der Waals surface area contributed by atoms with Crippen molar-refractivity contribution in [3.63, 3.8) is 0 Å². The third-order valence-electron chi connectivity index (χ3n) is 3.29. The molecule has 1 heterocycles. The molecule has 1 aromatic rings. The van der Waals surface area contributed by atoms with Gasteiger partial charge in [0.05, 0.1) is 6.10 Å². The van der Waals surface area contributed by atoms with E-state index in [9.17, 15) is 4.79 Å². The molecule has 0 radical (unpaired) electrons. The van der Waals surface area contributed by atoms with E-state index in [1.807, 2.05) is 32.0 Å². The van der Waals surface area contributed by atoms with Crippen LogP contribution in [0.15, 0.2) is 23.1 Å². The van der Waals surface area contributed by atoms with Crippen molar-refractivity contribution in [2.24, 2.45) is 0 Å². The van der Waals surface area contributed by atoms with E-state index in [0.717, 1.165) is 29.9 Å². The molecule has 0 spiro atoms. The Morgan fingerprint density at radius 2 is 2.28 bits per heavy atom. The van der Waals surface area contributed by atoms with Crippen molar-refractivity contribution in [2.45, 2.75) is 43.7 Å². The highest BCUT2D eigenvalue weighted by atomic mass is 32.1. The fraction of sp³-hybridized carbons (Fsp3) is 0.500. The highest BCUT2D eigenvalue weighted by molar-refractivity contribution is 7.80. The molecule has 2 unspecified atom stereocenters. The smallest absolute Gasteiger partial charge is 0.251 e. The Balaban J connectivity index is 2.05. The summed E-state index contributed by atoms with van der Waals surface area (Å²) in [6, 6.07) is 5.84. The fourth-order valence-corrected chi connectivity index (χ4v) is 2.45. The second-order valence-electron chi connectivity index (χ2n) is 4.88. The van der Waals surface area contributed by atoms with Gasteiger partial charge >= 0.3 is 0 Å². The Labute approximate surface area is 113 Å². The van der Waals surface area contributed by atoms with Crippen molar-refractivity contribution in [1.29, 1.82) is 0 Å². The molecule has 0 saturated carbocycles. The summed E-state index contributed by atoms with van der Waals surface area (Å²) in [5.74, 6) is -0.0116. The lowest BCUT2D eigenvalue weighted by Gasteiger charge is -2.28. The fourth-order valence-electron chi connectivity index (χ4n) is 2.25. The topological polar surface area (TPSA) is 38.3 Å². The molecular weight excluding hydrogens is 246 g/mol. The zero-order chi connectivity index (χ0) is 13.1. The molecule has 0 aromatic heterocycles. The van der Waals surface area contributed by atoms with Crippen LogP contribution in [0.2, 0.25) is 0 Å². The molecule has 1 N–H and O–H groups in total. The molecule has 98 valence electrons. The number of carbonyl (C=O) groups excluding carboxylic acids is 1. The van der Waals surface area contributed by atoms with E-state index in [4.69, 9.17) is 4.74 Å². The van der Waals surface area contributed by atoms with Crippen molar-refractivity contribution < 1.29 is 9.53 Å². The van der Waals surface area contributed by atoms with Crippen molar-refractivity contribution in [3.05, 3.63) is 29.3 Å². The molecule has 1 aliphatic heterocycles. The number of aryl methyl sites for hydroxylation is 1. The highest BCUT2D eigenvalue weighted by Crippen LogP contribution is 2.17. The first-order valence-corrected chi connectivity index (χ1v) is 6.73. The number of benzene rings is 1. The quantitative estimate of drug-likeness (QED) is 0.807. The molecule has 2 rings (SSSR count).